The van der Waals surface area contributed by atoms with Crippen LogP contribution in [0.1, 0.15) is 37.3 Å². The van der Waals surface area contributed by atoms with Gasteiger partial charge in [-0.05, 0) is 37.8 Å². The highest BCUT2D eigenvalue weighted by Gasteiger charge is 2.29. The molecule has 1 aliphatic heterocycles. The number of ether oxygens (including phenoxy) is 1. The summed E-state index contributed by atoms with van der Waals surface area (Å²) in [7, 11) is 1.62. The van der Waals surface area contributed by atoms with Crippen molar-refractivity contribution >= 4 is 22.8 Å². The number of benzene rings is 1. The van der Waals surface area contributed by atoms with Crippen molar-refractivity contribution in [2.45, 2.75) is 31.6 Å². The summed E-state index contributed by atoms with van der Waals surface area (Å²) < 4.78 is 5.00. The minimum absolute atomic E-state index is 0.337. The summed E-state index contributed by atoms with van der Waals surface area (Å²) in [5.41, 5.74) is 1.92. The van der Waals surface area contributed by atoms with E-state index in [1.807, 2.05) is 24.3 Å². The summed E-state index contributed by atoms with van der Waals surface area (Å²) in [6.45, 7) is 2.76. The molecule has 0 bridgehead atoms. The van der Waals surface area contributed by atoms with Crippen molar-refractivity contribution in [3.05, 3.63) is 30.0 Å². The van der Waals surface area contributed by atoms with Crippen LogP contribution < -0.4 is 10.2 Å². The topological polar surface area (TPSA) is 91.1 Å². The van der Waals surface area contributed by atoms with Crippen molar-refractivity contribution in [3.8, 4) is 6.07 Å². The molecule has 1 aromatic carbocycles. The molecule has 0 unspecified atom stereocenters. The second kappa shape index (κ2) is 9.28. The number of fused-ring (bicyclic) bond motifs is 1. The monoisotopic (exact) mass is 367 g/mol. The predicted octanol–water partition coefficient (Wildman–Crippen LogP) is 2.38. The fraction of sp³-hybridized carbons (Fsp3) is 0.500. The molecule has 1 saturated heterocycles. The maximum absolute atomic E-state index is 12.6. The van der Waals surface area contributed by atoms with Crippen molar-refractivity contribution in [1.29, 1.82) is 5.26 Å². The highest BCUT2D eigenvalue weighted by Crippen LogP contribution is 2.29. The smallest absolute Gasteiger partial charge is 0.243 e. The number of nitrogens with one attached hydrogen (secondary N) is 1. The van der Waals surface area contributed by atoms with E-state index in [0.717, 1.165) is 31.4 Å². The molecule has 2 aromatic rings. The van der Waals surface area contributed by atoms with E-state index in [1.165, 1.54) is 6.42 Å². The minimum atomic E-state index is -0.985. The normalized spacial score (nSPS) is 15.3. The Balaban J connectivity index is 1.94. The van der Waals surface area contributed by atoms with Crippen molar-refractivity contribution in [2.75, 3.05) is 38.3 Å². The Bertz CT molecular complexity index is 827. The third-order valence-corrected chi connectivity index (χ3v) is 4.72. The van der Waals surface area contributed by atoms with Crippen LogP contribution in [0.15, 0.2) is 24.3 Å². The van der Waals surface area contributed by atoms with Crippen LogP contribution in [0.4, 0.5) is 5.82 Å². The Labute approximate surface area is 159 Å². The number of hydrogen-bond acceptors (Lipinski definition) is 6. The number of piperidine rings is 1. The van der Waals surface area contributed by atoms with Crippen LogP contribution in [-0.2, 0) is 9.53 Å². The summed E-state index contributed by atoms with van der Waals surface area (Å²) in [5.74, 6) is -0.662. The summed E-state index contributed by atoms with van der Waals surface area (Å²) in [6, 6.07) is 9.70. The first-order chi connectivity index (χ1) is 13.2. The highest BCUT2D eigenvalue weighted by molar-refractivity contribution is 5.88. The molecule has 1 fully saturated rings. The van der Waals surface area contributed by atoms with Crippen LogP contribution in [-0.4, -0.2) is 49.2 Å². The first-order valence-corrected chi connectivity index (χ1v) is 9.42. The minimum Gasteiger partial charge on any atom is -0.385 e. The molecule has 1 N–H and O–H groups in total. The molecule has 2 heterocycles. The lowest BCUT2D eigenvalue weighted by molar-refractivity contribution is -0.121. The first kappa shape index (κ1) is 19.1. The molecule has 0 spiro atoms. The molecule has 7 nitrogen and oxygen atoms in total. The van der Waals surface area contributed by atoms with Crippen molar-refractivity contribution < 1.29 is 9.53 Å². The molecule has 27 heavy (non-hydrogen) atoms. The molecule has 0 saturated carbocycles. The number of nitrogens with zero attached hydrogens (tertiary/aromatic N) is 4. The Morgan fingerprint density at radius 2 is 1.96 bits per heavy atom. The molecule has 1 amide bonds. The lowest BCUT2D eigenvalue weighted by Crippen LogP contribution is -2.35. The summed E-state index contributed by atoms with van der Waals surface area (Å²) in [5, 5.41) is 12.5. The first-order valence-electron chi connectivity index (χ1n) is 9.42. The molecule has 142 valence electrons. The van der Waals surface area contributed by atoms with E-state index >= 15 is 0 Å². The fourth-order valence-corrected chi connectivity index (χ4v) is 3.31. The Hall–Kier alpha value is -2.72. The van der Waals surface area contributed by atoms with Crippen molar-refractivity contribution in [1.82, 2.24) is 15.3 Å². The van der Waals surface area contributed by atoms with E-state index < -0.39 is 5.92 Å². The molecule has 7 heteroatoms. The van der Waals surface area contributed by atoms with Crippen molar-refractivity contribution in [3.63, 3.8) is 0 Å². The van der Waals surface area contributed by atoms with E-state index in [9.17, 15) is 10.1 Å². The van der Waals surface area contributed by atoms with E-state index in [-0.39, 0.29) is 5.91 Å². The Morgan fingerprint density at radius 3 is 2.63 bits per heavy atom. The number of aromatic nitrogens is 2. The van der Waals surface area contributed by atoms with Gasteiger partial charge in [0.2, 0.25) is 5.91 Å². The van der Waals surface area contributed by atoms with Gasteiger partial charge in [-0.2, -0.15) is 5.26 Å². The van der Waals surface area contributed by atoms with Crippen LogP contribution in [0.3, 0.4) is 0 Å². The lowest BCUT2D eigenvalue weighted by atomic mass is 10.0. The largest absolute Gasteiger partial charge is 0.385 e. The van der Waals surface area contributed by atoms with Crippen LogP contribution in [0.5, 0.6) is 0 Å². The highest BCUT2D eigenvalue weighted by atomic mass is 16.5. The number of carbonyl (C=O) groups excluding carboxylic acids is 1. The number of nitriles is 1. The fourth-order valence-electron chi connectivity index (χ4n) is 3.31. The van der Waals surface area contributed by atoms with Gasteiger partial charge in [-0.1, -0.05) is 12.1 Å². The number of methoxy groups -OCH3 is 1. The molecular formula is C20H25N5O2. The molecule has 0 radical (unpaired) electrons. The summed E-state index contributed by atoms with van der Waals surface area (Å²) in [4.78, 5) is 24.2. The van der Waals surface area contributed by atoms with Crippen LogP contribution in [0.25, 0.3) is 11.0 Å². The predicted molar refractivity (Wildman–Crippen MR) is 103 cm³/mol. The van der Waals surface area contributed by atoms with E-state index in [4.69, 9.17) is 9.72 Å². The summed E-state index contributed by atoms with van der Waals surface area (Å²) >= 11 is 0. The van der Waals surface area contributed by atoms with E-state index in [1.54, 1.807) is 7.11 Å². The third kappa shape index (κ3) is 4.52. The molecule has 3 rings (SSSR count). The maximum Gasteiger partial charge on any atom is 0.243 e. The number of rotatable bonds is 7. The number of para-hydroxylation sites is 2. The third-order valence-electron chi connectivity index (χ3n) is 4.72. The zero-order valence-electron chi connectivity index (χ0n) is 15.6. The van der Waals surface area contributed by atoms with Crippen LogP contribution in [0, 0.1) is 11.3 Å². The van der Waals surface area contributed by atoms with Gasteiger partial charge in [-0.3, -0.25) is 4.79 Å². The van der Waals surface area contributed by atoms with Gasteiger partial charge >= 0.3 is 0 Å². The van der Waals surface area contributed by atoms with Gasteiger partial charge in [-0.15, -0.1) is 0 Å². The summed E-state index contributed by atoms with van der Waals surface area (Å²) in [6.07, 6.45) is 4.04. The average molecular weight is 367 g/mol. The average Bonchev–Trinajstić information content (AvgIpc) is 2.72. The zero-order chi connectivity index (χ0) is 19.1. The molecule has 1 aliphatic rings. The number of amides is 1. The number of carbonyl (C=O) groups is 1. The van der Waals surface area contributed by atoms with Gasteiger partial charge in [0, 0.05) is 33.4 Å². The lowest BCUT2D eigenvalue weighted by Gasteiger charge is -2.29. The SMILES string of the molecule is COCCCNC(=O)[C@H](C#N)c1nc2ccccc2nc1N1CCCCC1. The van der Waals surface area contributed by atoms with E-state index in [2.05, 4.69) is 21.3 Å². The van der Waals surface area contributed by atoms with Gasteiger partial charge in [0.25, 0.3) is 0 Å². The van der Waals surface area contributed by atoms with E-state index in [0.29, 0.717) is 36.6 Å². The number of hydrogen-bond donors (Lipinski definition) is 1. The zero-order valence-corrected chi connectivity index (χ0v) is 15.6. The Kier molecular flexibility index (Phi) is 6.55. The second-order valence-corrected chi connectivity index (χ2v) is 6.67. The molecular weight excluding hydrogens is 342 g/mol. The van der Waals surface area contributed by atoms with Gasteiger partial charge in [-0.25, -0.2) is 9.97 Å². The van der Waals surface area contributed by atoms with Gasteiger partial charge in [0.05, 0.1) is 17.1 Å². The quantitative estimate of drug-likeness (QED) is 0.756. The molecule has 1 aromatic heterocycles. The van der Waals surface area contributed by atoms with Gasteiger partial charge < -0.3 is 15.0 Å². The maximum atomic E-state index is 12.6. The van der Waals surface area contributed by atoms with Gasteiger partial charge in [0.1, 0.15) is 5.69 Å². The standard InChI is InChI=1S/C20H25N5O2/c1-27-13-7-10-22-20(26)15(14-21)18-19(25-11-5-2-6-12-25)24-17-9-4-3-8-16(17)23-18/h3-4,8-9,15H,2,5-7,10-13H2,1H3,(H,22,26)/t15-/m1/s1. The van der Waals surface area contributed by atoms with Gasteiger partial charge in [0.15, 0.2) is 11.7 Å². The van der Waals surface area contributed by atoms with Crippen LogP contribution in [0.2, 0.25) is 0 Å². The second-order valence-electron chi connectivity index (χ2n) is 6.67. The van der Waals surface area contributed by atoms with Crippen molar-refractivity contribution in [2.24, 2.45) is 0 Å². The Morgan fingerprint density at radius 1 is 1.26 bits per heavy atom. The van der Waals surface area contributed by atoms with Crippen LogP contribution >= 0.6 is 0 Å². The molecule has 1 atom stereocenters. The molecule has 0 aliphatic carbocycles. The number of anilines is 1.